The summed E-state index contributed by atoms with van der Waals surface area (Å²) in [5.74, 6) is -0.0781. The largest absolute Gasteiger partial charge is 0.455 e. The molecule has 3 aromatic rings. The molecule has 31 heavy (non-hydrogen) atoms. The van der Waals surface area contributed by atoms with E-state index in [9.17, 15) is 9.59 Å². The predicted octanol–water partition coefficient (Wildman–Crippen LogP) is 4.32. The normalized spacial score (nSPS) is 16.4. The van der Waals surface area contributed by atoms with E-state index in [1.807, 2.05) is 24.3 Å². The average Bonchev–Trinajstić information content (AvgIpc) is 3.33. The van der Waals surface area contributed by atoms with Crippen LogP contribution in [0.4, 0.5) is 5.69 Å². The summed E-state index contributed by atoms with van der Waals surface area (Å²) in [6, 6.07) is 13.0. The Kier molecular flexibility index (Phi) is 5.02. The number of H-pyrrole nitrogens is 1. The molecule has 0 radical (unpaired) electrons. The number of aromatic amines is 1. The number of ether oxygens (including phenoxy) is 3. The highest BCUT2D eigenvalue weighted by Gasteiger charge is 2.42. The zero-order chi connectivity index (χ0) is 21.3. The van der Waals surface area contributed by atoms with Gasteiger partial charge in [-0.15, -0.1) is 0 Å². The first-order chi connectivity index (χ1) is 15.1. The first kappa shape index (κ1) is 19.5. The predicted molar refractivity (Wildman–Crippen MR) is 115 cm³/mol. The van der Waals surface area contributed by atoms with Gasteiger partial charge in [0.05, 0.1) is 6.42 Å². The van der Waals surface area contributed by atoms with Crippen molar-refractivity contribution in [1.82, 2.24) is 4.98 Å². The summed E-state index contributed by atoms with van der Waals surface area (Å²) in [5.41, 5.74) is 2.38. The molecule has 7 nitrogen and oxygen atoms in total. The van der Waals surface area contributed by atoms with Gasteiger partial charge in [0.25, 0.3) is 11.7 Å². The Morgan fingerprint density at radius 3 is 2.71 bits per heavy atom. The third-order valence-corrected chi connectivity index (χ3v) is 5.81. The molecule has 2 aliphatic rings. The molecule has 1 amide bonds. The Bertz CT molecular complexity index is 1130. The van der Waals surface area contributed by atoms with Crippen molar-refractivity contribution in [2.45, 2.75) is 44.3 Å². The van der Waals surface area contributed by atoms with Gasteiger partial charge >= 0.3 is 5.97 Å². The molecule has 2 aromatic carbocycles. The highest BCUT2D eigenvalue weighted by atomic mass is 16.7. The van der Waals surface area contributed by atoms with Crippen molar-refractivity contribution in [1.29, 1.82) is 0 Å². The third kappa shape index (κ3) is 4.08. The van der Waals surface area contributed by atoms with Crippen LogP contribution in [0.2, 0.25) is 0 Å². The van der Waals surface area contributed by atoms with Crippen LogP contribution in [0, 0.1) is 0 Å². The second kappa shape index (κ2) is 7.98. The second-order valence-corrected chi connectivity index (χ2v) is 8.08. The van der Waals surface area contributed by atoms with Crippen molar-refractivity contribution in [3.05, 3.63) is 54.2 Å². The molecule has 2 N–H and O–H groups in total. The summed E-state index contributed by atoms with van der Waals surface area (Å²) < 4.78 is 17.3. The number of anilines is 1. The van der Waals surface area contributed by atoms with Gasteiger partial charge in [0.1, 0.15) is 0 Å². The monoisotopic (exact) mass is 420 g/mol. The first-order valence-electron chi connectivity index (χ1n) is 10.6. The van der Waals surface area contributed by atoms with E-state index < -0.39 is 17.7 Å². The lowest BCUT2D eigenvalue weighted by Gasteiger charge is -2.31. The van der Waals surface area contributed by atoms with Crippen molar-refractivity contribution in [2.24, 2.45) is 0 Å². The van der Waals surface area contributed by atoms with Gasteiger partial charge in [-0.3, -0.25) is 9.59 Å². The Labute approximate surface area is 179 Å². The lowest BCUT2D eigenvalue weighted by atomic mass is 9.94. The number of esters is 1. The van der Waals surface area contributed by atoms with E-state index in [4.69, 9.17) is 14.2 Å². The Morgan fingerprint density at radius 2 is 1.84 bits per heavy atom. The maximum Gasteiger partial charge on any atom is 0.310 e. The van der Waals surface area contributed by atoms with E-state index in [1.165, 1.54) is 6.42 Å². The fourth-order valence-electron chi connectivity index (χ4n) is 4.29. The quantitative estimate of drug-likeness (QED) is 0.600. The summed E-state index contributed by atoms with van der Waals surface area (Å²) in [6.07, 6.45) is 7.00. The van der Waals surface area contributed by atoms with Gasteiger partial charge in [0.15, 0.2) is 18.1 Å². The minimum atomic E-state index is -0.554. The number of para-hydroxylation sites is 1. The summed E-state index contributed by atoms with van der Waals surface area (Å²) in [5, 5.41) is 3.72. The van der Waals surface area contributed by atoms with Gasteiger partial charge in [-0.2, -0.15) is 0 Å². The van der Waals surface area contributed by atoms with E-state index in [0.717, 1.165) is 42.1 Å². The molecule has 5 rings (SSSR count). The molecule has 2 heterocycles. The van der Waals surface area contributed by atoms with Gasteiger partial charge in [-0.25, -0.2) is 0 Å². The lowest BCUT2D eigenvalue weighted by Crippen LogP contribution is -2.40. The van der Waals surface area contributed by atoms with Gasteiger partial charge < -0.3 is 24.5 Å². The number of fused-ring (bicyclic) bond motifs is 2. The average molecular weight is 420 g/mol. The second-order valence-electron chi connectivity index (χ2n) is 8.08. The zero-order valence-corrected chi connectivity index (χ0v) is 17.1. The molecule has 1 aliphatic heterocycles. The van der Waals surface area contributed by atoms with Crippen molar-refractivity contribution in [3.8, 4) is 11.5 Å². The highest BCUT2D eigenvalue weighted by molar-refractivity contribution is 5.93. The molecule has 1 saturated carbocycles. The Hall–Kier alpha value is -3.48. The molecule has 160 valence electrons. The molecular formula is C24H24N2O5. The Morgan fingerprint density at radius 1 is 1.03 bits per heavy atom. The summed E-state index contributed by atoms with van der Waals surface area (Å²) >= 11 is 0. The molecule has 1 spiro atoms. The highest BCUT2D eigenvalue weighted by Crippen LogP contribution is 2.46. The smallest absolute Gasteiger partial charge is 0.310 e. The van der Waals surface area contributed by atoms with Crippen molar-refractivity contribution in [2.75, 3.05) is 11.9 Å². The summed E-state index contributed by atoms with van der Waals surface area (Å²) in [7, 11) is 0. The number of amides is 1. The third-order valence-electron chi connectivity index (χ3n) is 5.81. The minimum Gasteiger partial charge on any atom is -0.455 e. The van der Waals surface area contributed by atoms with Crippen LogP contribution >= 0.6 is 0 Å². The van der Waals surface area contributed by atoms with E-state index in [0.29, 0.717) is 17.2 Å². The molecule has 0 saturated heterocycles. The van der Waals surface area contributed by atoms with E-state index in [1.54, 1.807) is 24.4 Å². The number of nitrogens with one attached hydrogen (secondary N) is 2. The first-order valence-corrected chi connectivity index (χ1v) is 10.6. The number of carbonyl (C=O) groups excluding carboxylic acids is 2. The van der Waals surface area contributed by atoms with Gasteiger partial charge in [0.2, 0.25) is 0 Å². The van der Waals surface area contributed by atoms with Crippen LogP contribution in [0.5, 0.6) is 11.5 Å². The van der Waals surface area contributed by atoms with Gasteiger partial charge in [-0.1, -0.05) is 24.6 Å². The Balaban J connectivity index is 1.14. The van der Waals surface area contributed by atoms with Crippen molar-refractivity contribution >= 4 is 28.5 Å². The van der Waals surface area contributed by atoms with Gasteiger partial charge in [-0.05, 0) is 36.6 Å². The topological polar surface area (TPSA) is 89.7 Å². The molecule has 1 aromatic heterocycles. The standard InChI is InChI=1S/C24H24N2O5/c27-22(15-29-23(28)12-16-14-25-19-7-3-2-6-18(16)19)26-17-8-9-20-21(13-17)31-24(30-20)10-4-1-5-11-24/h2-3,6-9,13-14,25H,1,4-5,10-12,15H2,(H,26,27). The van der Waals surface area contributed by atoms with Crippen LogP contribution in [0.15, 0.2) is 48.7 Å². The van der Waals surface area contributed by atoms with Crippen molar-refractivity contribution in [3.63, 3.8) is 0 Å². The fraction of sp³-hybridized carbons (Fsp3) is 0.333. The number of benzene rings is 2. The van der Waals surface area contributed by atoms with Crippen LogP contribution in [0.1, 0.15) is 37.7 Å². The molecule has 1 fully saturated rings. The zero-order valence-electron chi connectivity index (χ0n) is 17.1. The molecule has 7 heteroatoms. The van der Waals surface area contributed by atoms with Crippen molar-refractivity contribution < 1.29 is 23.8 Å². The minimum absolute atomic E-state index is 0.101. The SMILES string of the molecule is O=C(COC(=O)Cc1c[nH]c2ccccc12)Nc1ccc2c(c1)OC1(CCCCC1)O2. The van der Waals surface area contributed by atoms with Crippen LogP contribution in [-0.4, -0.2) is 29.3 Å². The van der Waals surface area contributed by atoms with Gasteiger partial charge in [0, 0.05) is 41.7 Å². The van der Waals surface area contributed by atoms with E-state index in [2.05, 4.69) is 10.3 Å². The van der Waals surface area contributed by atoms with Crippen LogP contribution < -0.4 is 14.8 Å². The lowest BCUT2D eigenvalue weighted by molar-refractivity contribution is -0.146. The number of hydrogen-bond donors (Lipinski definition) is 2. The summed E-state index contributed by atoms with van der Waals surface area (Å²) in [6.45, 7) is -0.348. The fourth-order valence-corrected chi connectivity index (χ4v) is 4.29. The number of aromatic nitrogens is 1. The number of rotatable bonds is 5. The van der Waals surface area contributed by atoms with E-state index in [-0.39, 0.29) is 13.0 Å². The molecule has 1 aliphatic carbocycles. The number of hydrogen-bond acceptors (Lipinski definition) is 5. The maximum absolute atomic E-state index is 12.3. The summed E-state index contributed by atoms with van der Waals surface area (Å²) in [4.78, 5) is 27.6. The molecule has 0 atom stereocenters. The maximum atomic E-state index is 12.3. The van der Waals surface area contributed by atoms with Crippen LogP contribution in [-0.2, 0) is 20.7 Å². The molecular weight excluding hydrogens is 396 g/mol. The number of carbonyl (C=O) groups is 2. The van der Waals surface area contributed by atoms with Crippen LogP contribution in [0.3, 0.4) is 0 Å². The molecule has 0 unspecified atom stereocenters. The molecule has 0 bridgehead atoms. The van der Waals surface area contributed by atoms with Crippen LogP contribution in [0.25, 0.3) is 10.9 Å². The van der Waals surface area contributed by atoms with E-state index >= 15 is 0 Å².